The zero-order valence-electron chi connectivity index (χ0n) is 20.7. The Morgan fingerprint density at radius 2 is 1.82 bits per heavy atom. The Balaban J connectivity index is 1.46. The van der Waals surface area contributed by atoms with E-state index in [1.807, 2.05) is 4.90 Å². The molecule has 1 amide bonds. The van der Waals surface area contributed by atoms with Gasteiger partial charge in [0, 0.05) is 56.9 Å². The topological polar surface area (TPSA) is 84.8 Å². The largest absolute Gasteiger partial charge is 0.390 e. The number of alkyl halides is 3. The van der Waals surface area contributed by atoms with Crippen LogP contribution < -0.4 is 20.7 Å². The highest BCUT2D eigenvalue weighted by Gasteiger charge is 2.29. The van der Waals surface area contributed by atoms with E-state index in [1.165, 1.54) is 30.1 Å². The van der Waals surface area contributed by atoms with E-state index in [-0.39, 0.29) is 24.5 Å². The molecule has 0 radical (unpaired) electrons. The second-order valence-corrected chi connectivity index (χ2v) is 9.55. The van der Waals surface area contributed by atoms with Gasteiger partial charge in [0.15, 0.2) is 11.6 Å². The molecule has 0 bridgehead atoms. The predicted octanol–water partition coefficient (Wildman–Crippen LogP) is 4.86. The number of piperazine rings is 1. The Labute approximate surface area is 224 Å². The minimum atomic E-state index is -4.23. The molecule has 1 saturated heterocycles. The fraction of sp³-hybridized carbons (Fsp3) is 0.360. The van der Waals surface area contributed by atoms with Gasteiger partial charge < -0.3 is 19.6 Å². The highest BCUT2D eigenvalue weighted by atomic mass is 35.5. The molecule has 1 aliphatic heterocycles. The van der Waals surface area contributed by atoms with Crippen LogP contribution in [0.15, 0.2) is 45.7 Å². The van der Waals surface area contributed by atoms with Crippen molar-refractivity contribution in [3.05, 3.63) is 74.5 Å². The smallest absolute Gasteiger partial charge is 0.367 e. The van der Waals surface area contributed by atoms with Gasteiger partial charge in [-0.2, -0.15) is 18.3 Å². The van der Waals surface area contributed by atoms with Crippen LogP contribution >= 0.6 is 11.6 Å². The third kappa shape index (κ3) is 7.09. The first kappa shape index (κ1) is 28.4. The Bertz CT molecular complexity index is 1390. The Kier molecular flexibility index (Phi) is 8.50. The van der Waals surface area contributed by atoms with Crippen LogP contribution in [0.4, 0.5) is 39.2 Å². The van der Waals surface area contributed by atoms with E-state index in [2.05, 4.69) is 10.5 Å². The van der Waals surface area contributed by atoms with Crippen molar-refractivity contribution in [3.8, 4) is 0 Å². The number of nitrogens with one attached hydrogen (secondary N) is 2. The van der Waals surface area contributed by atoms with Crippen LogP contribution in [-0.4, -0.2) is 61.9 Å². The van der Waals surface area contributed by atoms with Crippen LogP contribution in [0.2, 0.25) is 5.02 Å². The average molecular weight is 574 g/mol. The Morgan fingerprint density at radius 3 is 2.46 bits per heavy atom. The number of anilines is 3. The maximum atomic E-state index is 14.9. The summed E-state index contributed by atoms with van der Waals surface area (Å²) >= 11 is 6.15. The number of amides is 1. The van der Waals surface area contributed by atoms with Crippen LogP contribution in [0, 0.1) is 11.6 Å². The van der Waals surface area contributed by atoms with E-state index in [9.17, 15) is 31.5 Å². The number of rotatable bonds is 8. The second-order valence-electron chi connectivity index (χ2n) is 9.12. The van der Waals surface area contributed by atoms with Crippen molar-refractivity contribution in [1.82, 2.24) is 10.1 Å². The van der Waals surface area contributed by atoms with Gasteiger partial charge in [0.2, 0.25) is 5.88 Å². The lowest BCUT2D eigenvalue weighted by molar-refractivity contribution is -0.138. The van der Waals surface area contributed by atoms with Crippen molar-refractivity contribution in [2.75, 3.05) is 54.9 Å². The van der Waals surface area contributed by atoms with Gasteiger partial charge in [-0.25, -0.2) is 8.78 Å². The highest BCUT2D eigenvalue weighted by Crippen LogP contribution is 2.31. The van der Waals surface area contributed by atoms with Crippen molar-refractivity contribution in [1.29, 1.82) is 0 Å². The summed E-state index contributed by atoms with van der Waals surface area (Å²) in [6.45, 7) is 1.27. The SMILES string of the molecule is CN(Cc1ccc(C(=O)Nc2ccc(Cl)cc2N2CCN(CCC(F)(F)F)CC2)c(F)c1F)c1cc(=O)[nH]o1. The maximum absolute atomic E-state index is 14.9. The van der Waals surface area contributed by atoms with Gasteiger partial charge in [0.05, 0.1) is 29.4 Å². The molecule has 3 aromatic rings. The molecule has 0 spiro atoms. The monoisotopic (exact) mass is 573 g/mol. The van der Waals surface area contributed by atoms with Gasteiger partial charge in [-0.15, -0.1) is 0 Å². The summed E-state index contributed by atoms with van der Waals surface area (Å²) in [6, 6.07) is 8.21. The quantitative estimate of drug-likeness (QED) is 0.374. The fourth-order valence-corrected chi connectivity index (χ4v) is 4.41. The number of hydrogen-bond acceptors (Lipinski definition) is 6. The van der Waals surface area contributed by atoms with Gasteiger partial charge in [0.25, 0.3) is 11.5 Å². The molecule has 1 aromatic heterocycles. The number of benzene rings is 2. The maximum Gasteiger partial charge on any atom is 0.390 e. The fourth-order valence-electron chi connectivity index (χ4n) is 4.24. The molecular formula is C25H25ClF5N5O3. The normalized spacial score (nSPS) is 14.5. The molecule has 8 nitrogen and oxygen atoms in total. The zero-order chi connectivity index (χ0) is 28.3. The van der Waals surface area contributed by atoms with Crippen molar-refractivity contribution in [3.63, 3.8) is 0 Å². The number of H-pyrrole nitrogens is 1. The van der Waals surface area contributed by atoms with Crippen LogP contribution in [0.25, 0.3) is 0 Å². The van der Waals surface area contributed by atoms with E-state index >= 15 is 0 Å². The first-order chi connectivity index (χ1) is 18.4. The number of halogens is 6. The van der Waals surface area contributed by atoms with E-state index < -0.39 is 41.3 Å². The standard InChI is InChI=1S/C25H25ClF5N5O3/c1-34(21-13-20(37)33-39-21)14-15-2-4-17(23(28)22(15)27)24(38)32-18-5-3-16(26)12-19(18)36-10-8-35(9-11-36)7-6-25(29,30)31/h2-5,12-13H,6-11,14H2,1H3,(H,32,38)(H,33,37). The highest BCUT2D eigenvalue weighted by molar-refractivity contribution is 6.31. The molecule has 14 heteroatoms. The Morgan fingerprint density at radius 1 is 1.10 bits per heavy atom. The lowest BCUT2D eigenvalue weighted by atomic mass is 10.1. The number of carbonyl (C=O) groups is 1. The lowest BCUT2D eigenvalue weighted by Gasteiger charge is -2.37. The average Bonchev–Trinajstić information content (AvgIpc) is 3.33. The second kappa shape index (κ2) is 11.7. The van der Waals surface area contributed by atoms with Crippen molar-refractivity contribution in [2.24, 2.45) is 0 Å². The summed E-state index contributed by atoms with van der Waals surface area (Å²) in [5.74, 6) is -3.34. The van der Waals surface area contributed by atoms with E-state index in [4.69, 9.17) is 16.1 Å². The number of nitrogens with zero attached hydrogens (tertiary/aromatic N) is 3. The molecule has 2 aromatic carbocycles. The summed E-state index contributed by atoms with van der Waals surface area (Å²) < 4.78 is 72.4. The first-order valence-electron chi connectivity index (χ1n) is 11.9. The van der Waals surface area contributed by atoms with E-state index in [0.29, 0.717) is 42.6 Å². The van der Waals surface area contributed by atoms with Gasteiger partial charge in [-0.1, -0.05) is 17.7 Å². The molecule has 1 fully saturated rings. The van der Waals surface area contributed by atoms with Crippen LogP contribution in [0.3, 0.4) is 0 Å². The molecule has 2 heterocycles. The van der Waals surface area contributed by atoms with Crippen LogP contribution in [0.1, 0.15) is 22.3 Å². The Hall–Kier alpha value is -3.58. The number of carbonyl (C=O) groups excluding carboxylic acids is 1. The van der Waals surface area contributed by atoms with E-state index in [1.54, 1.807) is 11.0 Å². The summed E-state index contributed by atoms with van der Waals surface area (Å²) in [7, 11) is 1.52. The van der Waals surface area contributed by atoms with Crippen LogP contribution in [-0.2, 0) is 6.54 Å². The summed E-state index contributed by atoms with van der Waals surface area (Å²) in [6.07, 6.45) is -5.13. The summed E-state index contributed by atoms with van der Waals surface area (Å²) in [5, 5.41) is 5.06. The third-order valence-electron chi connectivity index (χ3n) is 6.33. The number of aromatic amines is 1. The molecule has 0 saturated carbocycles. The number of aromatic nitrogens is 1. The zero-order valence-corrected chi connectivity index (χ0v) is 21.5. The third-order valence-corrected chi connectivity index (χ3v) is 6.57. The van der Waals surface area contributed by atoms with Gasteiger partial charge in [-0.3, -0.25) is 14.5 Å². The van der Waals surface area contributed by atoms with E-state index in [0.717, 1.165) is 12.1 Å². The first-order valence-corrected chi connectivity index (χ1v) is 12.3. The van der Waals surface area contributed by atoms with Crippen molar-refractivity contribution in [2.45, 2.75) is 19.1 Å². The minimum Gasteiger partial charge on any atom is -0.367 e. The van der Waals surface area contributed by atoms with Gasteiger partial charge in [0.1, 0.15) is 0 Å². The van der Waals surface area contributed by atoms with Crippen LogP contribution in [0.5, 0.6) is 0 Å². The van der Waals surface area contributed by atoms with Gasteiger partial charge >= 0.3 is 6.18 Å². The molecule has 2 N–H and O–H groups in total. The van der Waals surface area contributed by atoms with Crippen molar-refractivity contribution < 1.29 is 31.3 Å². The molecular weight excluding hydrogens is 549 g/mol. The molecule has 0 atom stereocenters. The molecule has 39 heavy (non-hydrogen) atoms. The lowest BCUT2D eigenvalue weighted by Crippen LogP contribution is -2.47. The molecule has 1 aliphatic rings. The minimum absolute atomic E-state index is 0.0639. The molecule has 4 rings (SSSR count). The predicted molar refractivity (Wildman–Crippen MR) is 137 cm³/mol. The molecule has 0 aliphatic carbocycles. The number of hydrogen-bond donors (Lipinski definition) is 2. The van der Waals surface area contributed by atoms with Crippen molar-refractivity contribution >= 4 is 34.8 Å². The molecule has 0 unspecified atom stereocenters. The summed E-state index contributed by atoms with van der Waals surface area (Å²) in [4.78, 5) is 29.1. The van der Waals surface area contributed by atoms with Gasteiger partial charge in [-0.05, 0) is 24.3 Å². The molecule has 210 valence electrons. The summed E-state index contributed by atoms with van der Waals surface area (Å²) in [5.41, 5.74) is -0.269.